The van der Waals surface area contributed by atoms with Crippen LogP contribution in [0.15, 0.2) is 54.6 Å². The molecule has 6 rings (SSSR count). The summed E-state index contributed by atoms with van der Waals surface area (Å²) < 4.78 is 3.83. The first-order valence-electron chi connectivity index (χ1n) is 11.8. The number of nitrogens with zero attached hydrogens (tertiary/aromatic N) is 1. The van der Waals surface area contributed by atoms with E-state index in [1.807, 2.05) is 11.3 Å². The molecule has 2 heterocycles. The smallest absolute Gasteiger partial charge is 0.0503 e. The Morgan fingerprint density at radius 2 is 1.75 bits per heavy atom. The Kier molecular flexibility index (Phi) is 4.55. The van der Waals surface area contributed by atoms with Gasteiger partial charge < -0.3 is 4.57 Å². The van der Waals surface area contributed by atoms with E-state index in [1.54, 1.807) is 4.88 Å². The fourth-order valence-corrected chi connectivity index (χ4v) is 6.67. The van der Waals surface area contributed by atoms with Crippen molar-refractivity contribution in [3.63, 3.8) is 0 Å². The van der Waals surface area contributed by atoms with E-state index in [-0.39, 0.29) is 0 Å². The molecule has 160 valence electrons. The lowest BCUT2D eigenvalue weighted by Gasteiger charge is -2.18. The molecule has 2 heteroatoms. The first-order chi connectivity index (χ1) is 15.6. The summed E-state index contributed by atoms with van der Waals surface area (Å²) in [4.78, 5) is 1.54. The molecular formula is C30H29NS. The summed E-state index contributed by atoms with van der Waals surface area (Å²) in [5, 5.41) is 4.17. The molecule has 0 fully saturated rings. The Morgan fingerprint density at radius 1 is 0.969 bits per heavy atom. The van der Waals surface area contributed by atoms with Crippen LogP contribution in [0.3, 0.4) is 0 Å². The highest BCUT2D eigenvalue weighted by molar-refractivity contribution is 7.19. The number of thiophene rings is 1. The molecule has 0 bridgehead atoms. The predicted octanol–water partition coefficient (Wildman–Crippen LogP) is 8.99. The van der Waals surface area contributed by atoms with Gasteiger partial charge in [0.2, 0.25) is 0 Å². The molecule has 1 atom stereocenters. The van der Waals surface area contributed by atoms with Gasteiger partial charge in [-0.25, -0.2) is 0 Å². The van der Waals surface area contributed by atoms with Crippen molar-refractivity contribution in [2.24, 2.45) is 7.05 Å². The number of benzene rings is 3. The second-order valence-corrected chi connectivity index (χ2v) is 10.5. The van der Waals surface area contributed by atoms with Crippen molar-refractivity contribution in [1.29, 1.82) is 0 Å². The molecule has 5 aromatic rings. The van der Waals surface area contributed by atoms with E-state index in [0.717, 1.165) is 6.42 Å². The van der Waals surface area contributed by atoms with Crippen molar-refractivity contribution in [3.8, 4) is 11.1 Å². The van der Waals surface area contributed by atoms with Crippen LogP contribution >= 0.6 is 11.3 Å². The number of allylic oxidation sites excluding steroid dienone is 1. The van der Waals surface area contributed by atoms with Crippen LogP contribution in [0.4, 0.5) is 0 Å². The Balaban J connectivity index is 1.72. The van der Waals surface area contributed by atoms with E-state index in [9.17, 15) is 0 Å². The number of fused-ring (bicyclic) bond motifs is 6. The summed E-state index contributed by atoms with van der Waals surface area (Å²) in [7, 11) is 2.23. The van der Waals surface area contributed by atoms with E-state index in [4.69, 9.17) is 0 Å². The Bertz CT molecular complexity index is 1540. The molecule has 0 N–H and O–H groups in total. The van der Waals surface area contributed by atoms with Crippen molar-refractivity contribution in [2.45, 2.75) is 46.0 Å². The Hall–Kier alpha value is -2.84. The maximum absolute atomic E-state index is 2.47. The summed E-state index contributed by atoms with van der Waals surface area (Å²) in [5.74, 6) is 0.521. The molecule has 32 heavy (non-hydrogen) atoms. The highest BCUT2D eigenvalue weighted by atomic mass is 32.1. The standard InChI is InChI=1S/C30H29NS/c1-5-18(2)22-16-27-24(14-23(22)20-11-7-6-10-19(20)3)25-15-26-21-12-8-9-13-29(21)32-30(26)17-28(25)31(27)4/h6-8,10-12,14-18H,5,9,13H2,1-4H3. The van der Waals surface area contributed by atoms with Gasteiger partial charge in [0.15, 0.2) is 0 Å². The molecule has 1 aliphatic rings. The molecular weight excluding hydrogens is 406 g/mol. The van der Waals surface area contributed by atoms with Gasteiger partial charge >= 0.3 is 0 Å². The van der Waals surface area contributed by atoms with Crippen LogP contribution < -0.4 is 0 Å². The van der Waals surface area contributed by atoms with Crippen molar-refractivity contribution >= 4 is 49.3 Å². The normalized spacial score (nSPS) is 14.5. The molecule has 2 aromatic heterocycles. The first-order valence-corrected chi connectivity index (χ1v) is 12.6. The molecule has 0 aliphatic heterocycles. The molecule has 3 aromatic carbocycles. The van der Waals surface area contributed by atoms with Crippen LogP contribution in [0.25, 0.3) is 49.1 Å². The number of rotatable bonds is 3. The van der Waals surface area contributed by atoms with Gasteiger partial charge in [-0.1, -0.05) is 50.3 Å². The lowest BCUT2D eigenvalue weighted by Crippen LogP contribution is -1.98. The Morgan fingerprint density at radius 3 is 2.56 bits per heavy atom. The number of hydrogen-bond donors (Lipinski definition) is 0. The second kappa shape index (κ2) is 7.35. The minimum atomic E-state index is 0.521. The first kappa shape index (κ1) is 19.8. The zero-order valence-electron chi connectivity index (χ0n) is 19.3. The lowest BCUT2D eigenvalue weighted by molar-refractivity contribution is 0.735. The van der Waals surface area contributed by atoms with Crippen LogP contribution in [0.1, 0.15) is 54.2 Å². The third kappa shape index (κ3) is 2.82. The van der Waals surface area contributed by atoms with Crippen LogP contribution in [0.5, 0.6) is 0 Å². The van der Waals surface area contributed by atoms with E-state index in [0.29, 0.717) is 5.92 Å². The SMILES string of the molecule is CCC(C)c1cc2c(cc1-c1ccccc1C)c1cc3c4c(sc3cc1n2C)CCC=C4. The highest BCUT2D eigenvalue weighted by Gasteiger charge is 2.20. The van der Waals surface area contributed by atoms with Gasteiger partial charge in [0.1, 0.15) is 0 Å². The molecule has 0 spiro atoms. The van der Waals surface area contributed by atoms with Crippen LogP contribution in [-0.4, -0.2) is 4.57 Å². The van der Waals surface area contributed by atoms with Crippen molar-refractivity contribution < 1.29 is 0 Å². The minimum absolute atomic E-state index is 0.521. The molecule has 0 saturated carbocycles. The summed E-state index contributed by atoms with van der Waals surface area (Å²) in [5.41, 5.74) is 9.69. The molecule has 1 unspecified atom stereocenters. The molecule has 1 aliphatic carbocycles. The van der Waals surface area contributed by atoms with Crippen molar-refractivity contribution in [3.05, 3.63) is 76.2 Å². The molecule has 0 amide bonds. The van der Waals surface area contributed by atoms with E-state index < -0.39 is 0 Å². The third-order valence-corrected chi connectivity index (χ3v) is 8.73. The highest BCUT2D eigenvalue weighted by Crippen LogP contribution is 2.43. The van der Waals surface area contributed by atoms with Gasteiger partial charge in [0, 0.05) is 38.3 Å². The third-order valence-electron chi connectivity index (χ3n) is 7.50. The summed E-state index contributed by atoms with van der Waals surface area (Å²) in [6.45, 7) is 6.89. The van der Waals surface area contributed by atoms with Gasteiger partial charge in [0.05, 0.1) is 5.52 Å². The fraction of sp³-hybridized carbons (Fsp3) is 0.267. The quantitative estimate of drug-likeness (QED) is 0.266. The van der Waals surface area contributed by atoms with Gasteiger partial charge in [0.25, 0.3) is 0 Å². The van der Waals surface area contributed by atoms with Gasteiger partial charge in [-0.3, -0.25) is 0 Å². The minimum Gasteiger partial charge on any atom is -0.344 e. The maximum Gasteiger partial charge on any atom is 0.0503 e. The van der Waals surface area contributed by atoms with Crippen molar-refractivity contribution in [1.82, 2.24) is 4.57 Å². The second-order valence-electron chi connectivity index (χ2n) is 9.39. The zero-order valence-corrected chi connectivity index (χ0v) is 20.1. The average Bonchev–Trinajstić information content (AvgIpc) is 3.31. The molecule has 0 saturated heterocycles. The lowest BCUT2D eigenvalue weighted by atomic mass is 9.87. The van der Waals surface area contributed by atoms with Crippen LogP contribution in [0, 0.1) is 6.92 Å². The van der Waals surface area contributed by atoms with E-state index >= 15 is 0 Å². The van der Waals surface area contributed by atoms with Crippen LogP contribution in [0.2, 0.25) is 0 Å². The van der Waals surface area contributed by atoms with Gasteiger partial charge in [-0.2, -0.15) is 0 Å². The maximum atomic E-state index is 2.47. The van der Waals surface area contributed by atoms with Crippen LogP contribution in [-0.2, 0) is 13.5 Å². The van der Waals surface area contributed by atoms with Crippen molar-refractivity contribution in [2.75, 3.05) is 0 Å². The predicted molar refractivity (Wildman–Crippen MR) is 142 cm³/mol. The fourth-order valence-electron chi connectivity index (χ4n) is 5.44. The topological polar surface area (TPSA) is 4.93 Å². The van der Waals surface area contributed by atoms with E-state index in [1.165, 1.54) is 72.6 Å². The number of aromatic nitrogens is 1. The number of aryl methyl sites for hydroxylation is 3. The largest absolute Gasteiger partial charge is 0.344 e. The Labute approximate surface area is 194 Å². The average molecular weight is 436 g/mol. The summed E-state index contributed by atoms with van der Waals surface area (Å²) >= 11 is 1.98. The molecule has 0 radical (unpaired) electrons. The number of hydrogen-bond acceptors (Lipinski definition) is 1. The van der Waals surface area contributed by atoms with Gasteiger partial charge in [-0.05, 0) is 84.2 Å². The van der Waals surface area contributed by atoms with Gasteiger partial charge in [-0.15, -0.1) is 11.3 Å². The molecule has 1 nitrogen and oxygen atoms in total. The summed E-state index contributed by atoms with van der Waals surface area (Å²) in [6, 6.07) is 18.7. The van der Waals surface area contributed by atoms with E-state index in [2.05, 4.69) is 93.1 Å². The monoisotopic (exact) mass is 435 g/mol. The zero-order chi connectivity index (χ0) is 22.0. The summed E-state index contributed by atoms with van der Waals surface area (Å²) in [6.07, 6.45) is 8.16.